The number of nitrogens with zero attached hydrogens (tertiary/aromatic N) is 1. The zero-order valence-electron chi connectivity index (χ0n) is 10.2. The van der Waals surface area contributed by atoms with E-state index in [-0.39, 0.29) is 10.9 Å². The maximum Gasteiger partial charge on any atom is 0.270 e. The van der Waals surface area contributed by atoms with E-state index >= 15 is 0 Å². The lowest BCUT2D eigenvalue weighted by atomic mass is 10.1. The zero-order chi connectivity index (χ0) is 13.0. The fourth-order valence-electron chi connectivity index (χ4n) is 1.75. The Labute approximate surface area is 115 Å². The molecule has 2 rings (SSSR count). The lowest BCUT2D eigenvalue weighted by molar-refractivity contribution is 0.0944. The molecule has 0 saturated carbocycles. The van der Waals surface area contributed by atoms with Gasteiger partial charge in [0, 0.05) is 11.6 Å². The standard InChI is InChI=1S/C14H15BrN2O/c1-2-5-13(15)17-14(18)12-8-10-6-3-4-7-11(10)9-16-12/h3-4,6-9,13H,2,5H2,1H3,(H,17,18). The average Bonchev–Trinajstić information content (AvgIpc) is 2.38. The molecule has 1 unspecified atom stereocenters. The second-order valence-electron chi connectivity index (χ2n) is 4.15. The molecule has 94 valence electrons. The highest BCUT2D eigenvalue weighted by Crippen LogP contribution is 2.14. The molecule has 2 aromatic rings. The van der Waals surface area contributed by atoms with Crippen LogP contribution >= 0.6 is 15.9 Å². The number of amides is 1. The lowest BCUT2D eigenvalue weighted by Crippen LogP contribution is -2.30. The number of alkyl halides is 1. The van der Waals surface area contributed by atoms with Gasteiger partial charge in [0.25, 0.3) is 5.91 Å². The van der Waals surface area contributed by atoms with Crippen molar-refractivity contribution < 1.29 is 4.79 Å². The fraction of sp³-hybridized carbons (Fsp3) is 0.286. The summed E-state index contributed by atoms with van der Waals surface area (Å²) in [6.07, 6.45) is 3.65. The Kier molecular flexibility index (Phi) is 4.31. The van der Waals surface area contributed by atoms with Crippen LogP contribution in [0, 0.1) is 0 Å². The van der Waals surface area contributed by atoms with Crippen molar-refractivity contribution in [3.05, 3.63) is 42.2 Å². The Bertz CT molecular complexity index is 556. The molecule has 0 fully saturated rings. The molecule has 0 saturated heterocycles. The van der Waals surface area contributed by atoms with Gasteiger partial charge >= 0.3 is 0 Å². The third-order valence-corrected chi connectivity index (χ3v) is 3.38. The molecule has 0 radical (unpaired) electrons. The summed E-state index contributed by atoms with van der Waals surface area (Å²) in [7, 11) is 0. The normalized spacial score (nSPS) is 12.3. The van der Waals surface area contributed by atoms with E-state index < -0.39 is 0 Å². The van der Waals surface area contributed by atoms with Crippen molar-refractivity contribution in [3.8, 4) is 0 Å². The molecule has 0 aliphatic heterocycles. The molecule has 0 spiro atoms. The summed E-state index contributed by atoms with van der Waals surface area (Å²) in [6.45, 7) is 2.08. The second kappa shape index (κ2) is 5.96. The third kappa shape index (κ3) is 3.07. The number of halogens is 1. The summed E-state index contributed by atoms with van der Waals surface area (Å²) in [4.78, 5) is 16.2. The van der Waals surface area contributed by atoms with Gasteiger partial charge in [-0.15, -0.1) is 0 Å². The Morgan fingerprint density at radius 1 is 1.39 bits per heavy atom. The predicted octanol–water partition coefficient (Wildman–Crippen LogP) is 3.49. The van der Waals surface area contributed by atoms with Gasteiger partial charge in [-0.2, -0.15) is 0 Å². The molecule has 0 aliphatic rings. The van der Waals surface area contributed by atoms with Gasteiger partial charge in [0.2, 0.25) is 0 Å². The van der Waals surface area contributed by atoms with Crippen LogP contribution in [-0.2, 0) is 0 Å². The molecule has 1 heterocycles. The number of fused-ring (bicyclic) bond motifs is 1. The van der Waals surface area contributed by atoms with E-state index in [0.29, 0.717) is 5.69 Å². The van der Waals surface area contributed by atoms with Gasteiger partial charge < -0.3 is 5.32 Å². The van der Waals surface area contributed by atoms with Gasteiger partial charge in [-0.3, -0.25) is 9.78 Å². The number of aromatic nitrogens is 1. The van der Waals surface area contributed by atoms with E-state index in [1.165, 1.54) is 0 Å². The number of carbonyl (C=O) groups is 1. The van der Waals surface area contributed by atoms with E-state index in [1.807, 2.05) is 30.3 Å². The Morgan fingerprint density at radius 2 is 2.11 bits per heavy atom. The SMILES string of the molecule is CCCC(Br)NC(=O)c1cc2ccccc2cn1. The fourth-order valence-corrected chi connectivity index (χ4v) is 2.42. The van der Waals surface area contributed by atoms with Crippen LogP contribution in [0.5, 0.6) is 0 Å². The predicted molar refractivity (Wildman–Crippen MR) is 76.8 cm³/mol. The van der Waals surface area contributed by atoms with Crippen molar-refractivity contribution in [2.24, 2.45) is 0 Å². The molecule has 1 atom stereocenters. The van der Waals surface area contributed by atoms with Crippen molar-refractivity contribution in [2.45, 2.75) is 24.7 Å². The van der Waals surface area contributed by atoms with Crippen LogP contribution in [0.25, 0.3) is 10.8 Å². The third-order valence-electron chi connectivity index (χ3n) is 2.69. The van der Waals surface area contributed by atoms with E-state index in [1.54, 1.807) is 6.20 Å². The highest BCUT2D eigenvalue weighted by molar-refractivity contribution is 9.09. The molecule has 1 aromatic heterocycles. The monoisotopic (exact) mass is 306 g/mol. The highest BCUT2D eigenvalue weighted by atomic mass is 79.9. The average molecular weight is 307 g/mol. The van der Waals surface area contributed by atoms with Crippen molar-refractivity contribution >= 4 is 32.6 Å². The van der Waals surface area contributed by atoms with E-state index in [0.717, 1.165) is 23.6 Å². The largest absolute Gasteiger partial charge is 0.338 e. The molecule has 0 bridgehead atoms. The van der Waals surface area contributed by atoms with E-state index in [4.69, 9.17) is 0 Å². The Balaban J connectivity index is 2.17. The van der Waals surface area contributed by atoms with Gasteiger partial charge in [0.1, 0.15) is 5.69 Å². The summed E-state index contributed by atoms with van der Waals surface area (Å²) < 4.78 is 0. The first-order valence-electron chi connectivity index (χ1n) is 6.00. The first-order valence-corrected chi connectivity index (χ1v) is 6.92. The first-order chi connectivity index (χ1) is 8.70. The first kappa shape index (κ1) is 13.0. The summed E-state index contributed by atoms with van der Waals surface area (Å²) >= 11 is 3.43. The second-order valence-corrected chi connectivity index (χ2v) is 5.25. The van der Waals surface area contributed by atoms with Crippen LogP contribution in [0.15, 0.2) is 36.5 Å². The summed E-state index contributed by atoms with van der Waals surface area (Å²) in [6, 6.07) is 9.68. The maximum absolute atomic E-state index is 12.0. The highest BCUT2D eigenvalue weighted by Gasteiger charge is 2.11. The van der Waals surface area contributed by atoms with Gasteiger partial charge in [0.15, 0.2) is 0 Å². The number of benzene rings is 1. The molecule has 0 aliphatic carbocycles. The molecule has 1 amide bonds. The van der Waals surface area contributed by atoms with Crippen LogP contribution in [0.4, 0.5) is 0 Å². The van der Waals surface area contributed by atoms with Crippen LogP contribution in [-0.4, -0.2) is 15.8 Å². The number of hydrogen-bond donors (Lipinski definition) is 1. The van der Waals surface area contributed by atoms with Crippen molar-refractivity contribution in [3.63, 3.8) is 0 Å². The van der Waals surface area contributed by atoms with Gasteiger partial charge in [0.05, 0.1) is 4.95 Å². The van der Waals surface area contributed by atoms with E-state index in [2.05, 4.69) is 33.2 Å². The number of rotatable bonds is 4. The molecule has 1 N–H and O–H groups in total. The zero-order valence-corrected chi connectivity index (χ0v) is 11.8. The smallest absolute Gasteiger partial charge is 0.270 e. The number of nitrogens with one attached hydrogen (secondary N) is 1. The Hall–Kier alpha value is -1.42. The van der Waals surface area contributed by atoms with Gasteiger partial charge in [-0.05, 0) is 17.9 Å². The maximum atomic E-state index is 12.0. The molecule has 18 heavy (non-hydrogen) atoms. The molecule has 1 aromatic carbocycles. The van der Waals surface area contributed by atoms with Crippen LogP contribution < -0.4 is 5.32 Å². The van der Waals surface area contributed by atoms with Gasteiger partial charge in [-0.25, -0.2) is 0 Å². The number of pyridine rings is 1. The minimum atomic E-state index is -0.143. The lowest BCUT2D eigenvalue weighted by Gasteiger charge is -2.10. The van der Waals surface area contributed by atoms with Crippen LogP contribution in [0.1, 0.15) is 30.3 Å². The number of carbonyl (C=O) groups excluding carboxylic acids is 1. The minimum Gasteiger partial charge on any atom is -0.338 e. The summed E-state index contributed by atoms with van der Waals surface area (Å²) in [5.41, 5.74) is 0.453. The minimum absolute atomic E-state index is 0.00303. The number of hydrogen-bond acceptors (Lipinski definition) is 2. The van der Waals surface area contributed by atoms with Crippen LogP contribution in [0.2, 0.25) is 0 Å². The quantitative estimate of drug-likeness (QED) is 0.694. The summed E-state index contributed by atoms with van der Waals surface area (Å²) in [5.74, 6) is -0.143. The molecule has 4 heteroatoms. The summed E-state index contributed by atoms with van der Waals surface area (Å²) in [5, 5.41) is 4.94. The molecular weight excluding hydrogens is 292 g/mol. The topological polar surface area (TPSA) is 42.0 Å². The van der Waals surface area contributed by atoms with Crippen molar-refractivity contribution in [1.82, 2.24) is 10.3 Å². The van der Waals surface area contributed by atoms with Crippen LogP contribution in [0.3, 0.4) is 0 Å². The van der Waals surface area contributed by atoms with E-state index in [9.17, 15) is 4.79 Å². The van der Waals surface area contributed by atoms with Gasteiger partial charge in [-0.1, -0.05) is 53.5 Å². The molecule has 3 nitrogen and oxygen atoms in total. The van der Waals surface area contributed by atoms with Crippen molar-refractivity contribution in [1.29, 1.82) is 0 Å². The van der Waals surface area contributed by atoms with Crippen molar-refractivity contribution in [2.75, 3.05) is 0 Å². The molecular formula is C14H15BrN2O. The Morgan fingerprint density at radius 3 is 2.83 bits per heavy atom.